The van der Waals surface area contributed by atoms with E-state index in [0.29, 0.717) is 66.8 Å². The molecule has 5 N–H and O–H groups in total. The Morgan fingerprint density at radius 3 is 2.44 bits per heavy atom. The fraction of sp³-hybridized carbons (Fsp3) is 0.267. The highest BCUT2D eigenvalue weighted by Gasteiger charge is 2.26. The summed E-state index contributed by atoms with van der Waals surface area (Å²) in [5.41, 5.74) is 14.9. The van der Waals surface area contributed by atoms with Crippen molar-refractivity contribution in [1.82, 2.24) is 14.7 Å². The normalized spacial score (nSPS) is 15.7. The third-order valence-electron chi connectivity index (χ3n) is 6.98. The Morgan fingerprint density at radius 1 is 1.12 bits per heavy atom. The number of amidine groups is 1. The molecule has 2 heterocycles. The second kappa shape index (κ2) is 14.1. The molecule has 1 saturated heterocycles. The lowest BCUT2D eigenvalue weighted by molar-refractivity contribution is -0.132. The number of nitrogens with one attached hydrogen (secondary N) is 1. The van der Waals surface area contributed by atoms with Gasteiger partial charge in [-0.2, -0.15) is 8.78 Å². The molecule has 13 heteroatoms. The summed E-state index contributed by atoms with van der Waals surface area (Å²) in [5, 5.41) is 3.25. The molecule has 1 fully saturated rings. The highest BCUT2D eigenvalue weighted by atomic mass is 19.3. The Morgan fingerprint density at radius 2 is 1.81 bits per heavy atom. The van der Waals surface area contributed by atoms with E-state index in [1.807, 2.05) is 13.0 Å². The number of benzene rings is 2. The van der Waals surface area contributed by atoms with Gasteiger partial charge in [0, 0.05) is 74.6 Å². The summed E-state index contributed by atoms with van der Waals surface area (Å²) in [5.74, 6) is 0.388. The number of halogens is 2. The standard InChI is InChI=1S/C30H34F2N8O3/c1-20-17-23(5-8-25(20)29(42)39-15-13-38(14-16-39)27(41)9-10-35-19-34)37-28-21(2)40(12-11-36-28)26(18-33)22-3-6-24(7-4-22)43-30(31)32/h3-8,11-12,17-19,30H,2,9-10,13-16,33H2,1H3,(H2,34,35)(H,36,37)/b26-18-. The molecular weight excluding hydrogens is 558 g/mol. The summed E-state index contributed by atoms with van der Waals surface area (Å²) < 4.78 is 29.5. The van der Waals surface area contributed by atoms with Gasteiger partial charge in [-0.1, -0.05) is 6.58 Å². The highest BCUT2D eigenvalue weighted by Crippen LogP contribution is 2.28. The molecule has 0 radical (unpaired) electrons. The van der Waals surface area contributed by atoms with Crippen LogP contribution in [0.1, 0.15) is 27.9 Å². The van der Waals surface area contributed by atoms with Crippen LogP contribution >= 0.6 is 0 Å². The first kappa shape index (κ1) is 30.8. The number of hydrogen-bond acceptors (Lipinski definition) is 8. The lowest BCUT2D eigenvalue weighted by Gasteiger charge is -2.35. The van der Waals surface area contributed by atoms with Crippen molar-refractivity contribution in [3.05, 3.63) is 90.0 Å². The summed E-state index contributed by atoms with van der Waals surface area (Å²) in [6.07, 6.45) is 6.13. The minimum Gasteiger partial charge on any atom is -0.435 e. The van der Waals surface area contributed by atoms with Crippen molar-refractivity contribution < 1.29 is 23.1 Å². The number of piperazine rings is 1. The number of aliphatic imine (C=N–C) groups is 2. The quantitative estimate of drug-likeness (QED) is 0.300. The van der Waals surface area contributed by atoms with Gasteiger partial charge in [-0.15, -0.1) is 0 Å². The zero-order chi connectivity index (χ0) is 30.9. The van der Waals surface area contributed by atoms with E-state index in [2.05, 4.69) is 26.6 Å². The van der Waals surface area contributed by atoms with Crippen LogP contribution in [0.2, 0.25) is 0 Å². The summed E-state index contributed by atoms with van der Waals surface area (Å²) in [7, 11) is 0. The maximum atomic E-state index is 13.3. The topological polar surface area (TPSA) is 142 Å². The number of rotatable bonds is 9. The average molecular weight is 593 g/mol. The maximum Gasteiger partial charge on any atom is 0.387 e. The van der Waals surface area contributed by atoms with Crippen molar-refractivity contribution in [1.29, 1.82) is 0 Å². The molecular formula is C30H34F2N8O3. The predicted octanol–water partition coefficient (Wildman–Crippen LogP) is 3.33. The predicted molar refractivity (Wildman–Crippen MR) is 162 cm³/mol. The number of carbonyl (C=O) groups is 2. The minimum absolute atomic E-state index is 0.00336. The van der Waals surface area contributed by atoms with Crippen molar-refractivity contribution in [2.45, 2.75) is 20.0 Å². The van der Waals surface area contributed by atoms with Gasteiger partial charge in [0.15, 0.2) is 5.84 Å². The number of nitrogens with zero attached hydrogens (tertiary/aromatic N) is 5. The van der Waals surface area contributed by atoms with Crippen molar-refractivity contribution in [3.8, 4) is 5.75 Å². The van der Waals surface area contributed by atoms with Crippen molar-refractivity contribution in [2.75, 3.05) is 38.0 Å². The van der Waals surface area contributed by atoms with E-state index >= 15 is 0 Å². The number of nitrogens with two attached hydrogens (primary N) is 2. The molecule has 0 saturated carbocycles. The van der Waals surface area contributed by atoms with E-state index < -0.39 is 6.61 Å². The van der Waals surface area contributed by atoms with Crippen molar-refractivity contribution in [3.63, 3.8) is 0 Å². The Balaban J connectivity index is 1.38. The lowest BCUT2D eigenvalue weighted by Crippen LogP contribution is -2.50. The van der Waals surface area contributed by atoms with Crippen LogP contribution in [0.15, 0.2) is 83.3 Å². The SMILES string of the molecule is C=C1C(Nc2ccc(C(=O)N3CCN(C(=O)CCN=CN)CC3)c(C)c2)=NC=CN1/C(=C\N)c1ccc(OC(F)F)cc1. The molecule has 2 aromatic carbocycles. The summed E-state index contributed by atoms with van der Waals surface area (Å²) in [6.45, 7) is 5.27. The van der Waals surface area contributed by atoms with E-state index in [4.69, 9.17) is 11.5 Å². The molecule has 2 aliphatic heterocycles. The number of aryl methyl sites for hydroxylation is 1. The molecule has 2 aromatic rings. The average Bonchev–Trinajstić information content (AvgIpc) is 3.00. The molecule has 2 amide bonds. The van der Waals surface area contributed by atoms with Gasteiger partial charge in [-0.25, -0.2) is 4.99 Å². The first-order valence-electron chi connectivity index (χ1n) is 13.6. The monoisotopic (exact) mass is 592 g/mol. The molecule has 226 valence electrons. The number of alkyl halides is 2. The number of amides is 2. The van der Waals surface area contributed by atoms with E-state index in [1.54, 1.807) is 51.4 Å². The molecule has 4 rings (SSSR count). The fourth-order valence-corrected chi connectivity index (χ4v) is 4.75. The van der Waals surface area contributed by atoms with Gasteiger partial charge in [-0.05, 0) is 55.0 Å². The molecule has 0 aromatic heterocycles. The second-order valence-corrected chi connectivity index (χ2v) is 9.68. The van der Waals surface area contributed by atoms with E-state index in [-0.39, 0.29) is 24.0 Å². The third-order valence-corrected chi connectivity index (χ3v) is 6.98. The largest absolute Gasteiger partial charge is 0.435 e. The summed E-state index contributed by atoms with van der Waals surface area (Å²) >= 11 is 0. The van der Waals surface area contributed by atoms with Crippen LogP contribution in [-0.4, -0.2) is 78.0 Å². The smallest absolute Gasteiger partial charge is 0.387 e. The first-order valence-corrected chi connectivity index (χ1v) is 13.6. The van der Waals surface area contributed by atoms with Crippen LogP contribution in [0.4, 0.5) is 14.5 Å². The molecule has 43 heavy (non-hydrogen) atoms. The van der Waals surface area contributed by atoms with E-state index in [0.717, 1.165) is 5.56 Å². The van der Waals surface area contributed by atoms with Gasteiger partial charge in [0.2, 0.25) is 5.91 Å². The Labute approximate surface area is 248 Å². The zero-order valence-corrected chi connectivity index (χ0v) is 23.7. The molecule has 2 aliphatic rings. The third kappa shape index (κ3) is 7.56. The van der Waals surface area contributed by atoms with Crippen LogP contribution in [-0.2, 0) is 4.79 Å². The maximum absolute atomic E-state index is 13.3. The highest BCUT2D eigenvalue weighted by molar-refractivity contribution is 6.09. The first-order chi connectivity index (χ1) is 20.7. The number of carbonyl (C=O) groups excluding carboxylic acids is 2. The van der Waals surface area contributed by atoms with E-state index in [1.165, 1.54) is 24.7 Å². The number of ether oxygens (including phenoxy) is 1. The zero-order valence-electron chi connectivity index (χ0n) is 23.7. The molecule has 11 nitrogen and oxygen atoms in total. The lowest BCUT2D eigenvalue weighted by atomic mass is 10.1. The van der Waals surface area contributed by atoms with Crippen LogP contribution in [0.3, 0.4) is 0 Å². The molecule has 0 aliphatic carbocycles. The van der Waals surface area contributed by atoms with Crippen LogP contribution in [0, 0.1) is 6.92 Å². The number of anilines is 1. The fourth-order valence-electron chi connectivity index (χ4n) is 4.75. The Hall–Kier alpha value is -5.20. The second-order valence-electron chi connectivity index (χ2n) is 9.68. The summed E-state index contributed by atoms with van der Waals surface area (Å²) in [4.78, 5) is 39.1. The Kier molecular flexibility index (Phi) is 10.1. The van der Waals surface area contributed by atoms with Gasteiger partial charge < -0.3 is 36.2 Å². The Bertz CT molecular complexity index is 1460. The van der Waals surface area contributed by atoms with Crippen molar-refractivity contribution in [2.24, 2.45) is 21.5 Å². The van der Waals surface area contributed by atoms with Gasteiger partial charge in [0.1, 0.15) is 5.75 Å². The van der Waals surface area contributed by atoms with Crippen molar-refractivity contribution >= 4 is 35.4 Å². The molecule has 0 unspecified atom stereocenters. The van der Waals surface area contributed by atoms with Crippen LogP contribution in [0.25, 0.3) is 5.70 Å². The van der Waals surface area contributed by atoms with Gasteiger partial charge >= 0.3 is 6.61 Å². The summed E-state index contributed by atoms with van der Waals surface area (Å²) in [6, 6.07) is 11.5. The van der Waals surface area contributed by atoms with Crippen LogP contribution < -0.4 is 21.5 Å². The molecule has 0 atom stereocenters. The van der Waals surface area contributed by atoms with Gasteiger partial charge in [0.25, 0.3) is 5.91 Å². The number of hydrogen-bond donors (Lipinski definition) is 3. The van der Waals surface area contributed by atoms with Gasteiger partial charge in [-0.3, -0.25) is 14.6 Å². The van der Waals surface area contributed by atoms with Gasteiger partial charge in [0.05, 0.1) is 17.7 Å². The molecule has 0 spiro atoms. The van der Waals surface area contributed by atoms with E-state index in [9.17, 15) is 18.4 Å². The molecule has 0 bridgehead atoms. The van der Waals surface area contributed by atoms with Crippen LogP contribution in [0.5, 0.6) is 5.75 Å². The minimum atomic E-state index is -2.92.